The normalized spacial score (nSPS) is 12.2. The van der Waals surface area contributed by atoms with Crippen LogP contribution < -0.4 is 5.32 Å². The fourth-order valence-electron chi connectivity index (χ4n) is 1.98. The smallest absolute Gasteiger partial charge is 0.147 e. The van der Waals surface area contributed by atoms with E-state index >= 15 is 0 Å². The summed E-state index contributed by atoms with van der Waals surface area (Å²) in [4.78, 5) is 0. The largest absolute Gasteiger partial charge is 0.375 e. The molecule has 0 aliphatic heterocycles. The average Bonchev–Trinajstić information content (AvgIpc) is 2.43. The van der Waals surface area contributed by atoms with Gasteiger partial charge in [0.15, 0.2) is 0 Å². The van der Waals surface area contributed by atoms with E-state index in [0.717, 1.165) is 12.0 Å². The van der Waals surface area contributed by atoms with Crippen LogP contribution >= 0.6 is 11.6 Å². The number of aryl methyl sites for hydroxylation is 1. The first-order valence-corrected chi connectivity index (χ1v) is 6.79. The van der Waals surface area contributed by atoms with E-state index in [1.165, 1.54) is 11.6 Å². The first kappa shape index (κ1) is 13.9. The highest BCUT2D eigenvalue weighted by Gasteiger charge is 2.11. The average molecular weight is 278 g/mol. The van der Waals surface area contributed by atoms with Crippen LogP contribution in [0.1, 0.15) is 31.0 Å². The van der Waals surface area contributed by atoms with Crippen molar-refractivity contribution in [2.75, 3.05) is 5.32 Å². The Kier molecular flexibility index (Phi) is 4.43. The molecule has 0 bridgehead atoms. The standard InChI is InChI=1S/C16H17ClFN/c1-3-12-7-9-13(10-8-12)11(2)19-16-14(17)5-4-6-15(16)18/h4-11,19H,3H2,1-2H3. The van der Waals surface area contributed by atoms with Gasteiger partial charge in [-0.1, -0.05) is 48.9 Å². The Morgan fingerprint density at radius 2 is 1.84 bits per heavy atom. The molecule has 2 aromatic carbocycles. The summed E-state index contributed by atoms with van der Waals surface area (Å²) in [6.45, 7) is 4.11. The maximum Gasteiger partial charge on any atom is 0.147 e. The molecule has 0 aliphatic rings. The third-order valence-corrected chi connectivity index (χ3v) is 3.53. The predicted octanol–water partition coefficient (Wildman–Crippen LogP) is 5.21. The molecule has 19 heavy (non-hydrogen) atoms. The zero-order valence-electron chi connectivity index (χ0n) is 11.1. The minimum absolute atomic E-state index is 0.000283. The Bertz CT molecular complexity index is 531. The van der Waals surface area contributed by atoms with Crippen LogP contribution in [0.5, 0.6) is 0 Å². The van der Waals surface area contributed by atoms with Crippen molar-refractivity contribution in [3.05, 3.63) is 64.4 Å². The molecular weight excluding hydrogens is 261 g/mol. The highest BCUT2D eigenvalue weighted by atomic mass is 35.5. The molecule has 1 atom stereocenters. The summed E-state index contributed by atoms with van der Waals surface area (Å²) in [5.74, 6) is -0.329. The van der Waals surface area contributed by atoms with Crippen LogP contribution in [0.25, 0.3) is 0 Å². The van der Waals surface area contributed by atoms with Gasteiger partial charge in [0.25, 0.3) is 0 Å². The lowest BCUT2D eigenvalue weighted by atomic mass is 10.0. The van der Waals surface area contributed by atoms with Crippen molar-refractivity contribution < 1.29 is 4.39 Å². The lowest BCUT2D eigenvalue weighted by Crippen LogP contribution is -2.08. The fourth-order valence-corrected chi connectivity index (χ4v) is 2.20. The van der Waals surface area contributed by atoms with E-state index in [2.05, 4.69) is 36.5 Å². The van der Waals surface area contributed by atoms with Crippen LogP contribution in [0.3, 0.4) is 0 Å². The second-order valence-electron chi connectivity index (χ2n) is 4.56. The maximum absolute atomic E-state index is 13.7. The van der Waals surface area contributed by atoms with Crippen LogP contribution in [0, 0.1) is 5.82 Å². The molecule has 0 saturated heterocycles. The molecule has 2 rings (SSSR count). The van der Waals surface area contributed by atoms with E-state index in [-0.39, 0.29) is 11.9 Å². The molecule has 0 heterocycles. The van der Waals surface area contributed by atoms with Crippen molar-refractivity contribution in [2.45, 2.75) is 26.3 Å². The zero-order valence-corrected chi connectivity index (χ0v) is 11.8. The fraction of sp³-hybridized carbons (Fsp3) is 0.250. The monoisotopic (exact) mass is 277 g/mol. The Morgan fingerprint density at radius 1 is 1.16 bits per heavy atom. The zero-order chi connectivity index (χ0) is 13.8. The molecule has 0 aliphatic carbocycles. The number of nitrogens with one attached hydrogen (secondary N) is 1. The van der Waals surface area contributed by atoms with Gasteiger partial charge in [-0.25, -0.2) is 4.39 Å². The minimum atomic E-state index is -0.329. The first-order valence-electron chi connectivity index (χ1n) is 6.41. The number of benzene rings is 2. The Balaban J connectivity index is 2.18. The van der Waals surface area contributed by atoms with E-state index in [9.17, 15) is 4.39 Å². The van der Waals surface area contributed by atoms with Gasteiger partial charge < -0.3 is 5.32 Å². The first-order chi connectivity index (χ1) is 9.11. The second-order valence-corrected chi connectivity index (χ2v) is 4.97. The van der Waals surface area contributed by atoms with E-state index < -0.39 is 0 Å². The Hall–Kier alpha value is -1.54. The maximum atomic E-state index is 13.7. The van der Waals surface area contributed by atoms with Gasteiger partial charge in [-0.3, -0.25) is 0 Å². The third kappa shape index (κ3) is 3.27. The molecule has 0 radical (unpaired) electrons. The van der Waals surface area contributed by atoms with Crippen LogP contribution in [0.2, 0.25) is 5.02 Å². The van der Waals surface area contributed by atoms with E-state index in [1.54, 1.807) is 12.1 Å². The van der Waals surface area contributed by atoms with E-state index in [1.807, 2.05) is 6.92 Å². The van der Waals surface area contributed by atoms with Crippen LogP contribution in [0.4, 0.5) is 10.1 Å². The number of halogens is 2. The quantitative estimate of drug-likeness (QED) is 0.808. The molecule has 0 aromatic heterocycles. The van der Waals surface area contributed by atoms with Crippen molar-refractivity contribution in [1.29, 1.82) is 0 Å². The van der Waals surface area contributed by atoms with Crippen molar-refractivity contribution >= 4 is 17.3 Å². The SMILES string of the molecule is CCc1ccc(C(C)Nc2c(F)cccc2Cl)cc1. The minimum Gasteiger partial charge on any atom is -0.375 e. The van der Waals surface area contributed by atoms with Crippen molar-refractivity contribution in [1.82, 2.24) is 0 Å². The summed E-state index contributed by atoms with van der Waals surface area (Å²) in [6, 6.07) is 13.0. The summed E-state index contributed by atoms with van der Waals surface area (Å²) in [7, 11) is 0. The highest BCUT2D eigenvalue weighted by Crippen LogP contribution is 2.28. The van der Waals surface area contributed by atoms with Crippen LogP contribution in [0.15, 0.2) is 42.5 Å². The van der Waals surface area contributed by atoms with Gasteiger partial charge in [-0.15, -0.1) is 0 Å². The molecule has 0 saturated carbocycles. The molecule has 2 aromatic rings. The number of hydrogen-bond acceptors (Lipinski definition) is 1. The number of rotatable bonds is 4. The lowest BCUT2D eigenvalue weighted by Gasteiger charge is -2.17. The van der Waals surface area contributed by atoms with Crippen molar-refractivity contribution in [2.24, 2.45) is 0 Å². The molecule has 3 heteroatoms. The van der Waals surface area contributed by atoms with Gasteiger partial charge in [0, 0.05) is 6.04 Å². The van der Waals surface area contributed by atoms with Gasteiger partial charge >= 0.3 is 0 Å². The molecule has 1 unspecified atom stereocenters. The van der Waals surface area contributed by atoms with Gasteiger partial charge in [0.1, 0.15) is 5.82 Å². The van der Waals surface area contributed by atoms with Crippen LogP contribution in [-0.2, 0) is 6.42 Å². The predicted molar refractivity (Wildman–Crippen MR) is 79.3 cm³/mol. The molecule has 1 nitrogen and oxygen atoms in total. The summed E-state index contributed by atoms with van der Waals surface area (Å²) >= 11 is 6.01. The number of hydrogen-bond donors (Lipinski definition) is 1. The van der Waals surface area contributed by atoms with Gasteiger partial charge in [0.2, 0.25) is 0 Å². The molecule has 0 fully saturated rings. The highest BCUT2D eigenvalue weighted by molar-refractivity contribution is 6.33. The molecular formula is C16H17ClFN. The summed E-state index contributed by atoms with van der Waals surface area (Å²) in [5.41, 5.74) is 2.76. The summed E-state index contributed by atoms with van der Waals surface area (Å²) in [6.07, 6.45) is 1.02. The van der Waals surface area contributed by atoms with E-state index in [0.29, 0.717) is 10.7 Å². The van der Waals surface area contributed by atoms with Crippen molar-refractivity contribution in [3.8, 4) is 0 Å². The van der Waals surface area contributed by atoms with Gasteiger partial charge in [0.05, 0.1) is 10.7 Å². The number of para-hydroxylation sites is 1. The van der Waals surface area contributed by atoms with Crippen LogP contribution in [-0.4, -0.2) is 0 Å². The second kappa shape index (κ2) is 6.07. The Labute approximate surface area is 118 Å². The van der Waals surface area contributed by atoms with E-state index in [4.69, 9.17) is 11.6 Å². The number of anilines is 1. The third-order valence-electron chi connectivity index (χ3n) is 3.21. The van der Waals surface area contributed by atoms with Gasteiger partial charge in [-0.05, 0) is 36.6 Å². The lowest BCUT2D eigenvalue weighted by molar-refractivity contribution is 0.627. The topological polar surface area (TPSA) is 12.0 Å². The summed E-state index contributed by atoms with van der Waals surface area (Å²) in [5, 5.41) is 3.53. The Morgan fingerprint density at radius 3 is 2.42 bits per heavy atom. The molecule has 0 amide bonds. The molecule has 100 valence electrons. The molecule has 0 spiro atoms. The van der Waals surface area contributed by atoms with Crippen molar-refractivity contribution in [3.63, 3.8) is 0 Å². The van der Waals surface area contributed by atoms with Gasteiger partial charge in [-0.2, -0.15) is 0 Å². The molecule has 1 N–H and O–H groups in total. The summed E-state index contributed by atoms with van der Waals surface area (Å²) < 4.78 is 13.7.